The van der Waals surface area contributed by atoms with Crippen LogP contribution in [0.1, 0.15) is 5.56 Å². The molecule has 0 aliphatic rings. The molecule has 0 spiro atoms. The zero-order valence-corrected chi connectivity index (χ0v) is 9.74. The van der Waals surface area contributed by atoms with Crippen LogP contribution < -0.4 is 5.32 Å². The molecular formula is C11H9Cl2FN2. The van der Waals surface area contributed by atoms with Crippen LogP contribution >= 0.6 is 23.2 Å². The molecular weight excluding hydrogens is 250 g/mol. The van der Waals surface area contributed by atoms with Crippen LogP contribution in [0.5, 0.6) is 0 Å². The van der Waals surface area contributed by atoms with Gasteiger partial charge in [0, 0.05) is 18.9 Å². The normalized spacial score (nSPS) is 10.4. The maximum absolute atomic E-state index is 12.9. The van der Waals surface area contributed by atoms with Crippen molar-refractivity contribution in [2.24, 2.45) is 0 Å². The van der Waals surface area contributed by atoms with E-state index in [0.717, 1.165) is 5.56 Å². The summed E-state index contributed by atoms with van der Waals surface area (Å²) in [5.41, 5.74) is 1.61. The zero-order chi connectivity index (χ0) is 11.5. The van der Waals surface area contributed by atoms with Gasteiger partial charge in [-0.3, -0.25) is 0 Å². The van der Waals surface area contributed by atoms with Crippen LogP contribution in [-0.2, 0) is 6.54 Å². The summed E-state index contributed by atoms with van der Waals surface area (Å²) < 4.78 is 12.9. The molecule has 1 heterocycles. The summed E-state index contributed by atoms with van der Waals surface area (Å²) >= 11 is 11.8. The molecule has 2 rings (SSSR count). The number of nitrogens with one attached hydrogen (secondary N) is 2. The van der Waals surface area contributed by atoms with E-state index < -0.39 is 5.82 Å². The van der Waals surface area contributed by atoms with Crippen LogP contribution in [0.15, 0.2) is 30.6 Å². The molecule has 1 aromatic heterocycles. The van der Waals surface area contributed by atoms with E-state index in [9.17, 15) is 4.39 Å². The SMILES string of the molecule is Fc1cc(Cl)c(NCc2cc[nH]c2)c(Cl)c1. The summed E-state index contributed by atoms with van der Waals surface area (Å²) in [4.78, 5) is 2.94. The van der Waals surface area contributed by atoms with E-state index >= 15 is 0 Å². The van der Waals surface area contributed by atoms with E-state index in [1.165, 1.54) is 12.1 Å². The summed E-state index contributed by atoms with van der Waals surface area (Å²) in [6.07, 6.45) is 3.68. The molecule has 2 N–H and O–H groups in total. The van der Waals surface area contributed by atoms with Crippen molar-refractivity contribution < 1.29 is 4.39 Å². The molecule has 5 heteroatoms. The van der Waals surface area contributed by atoms with Crippen molar-refractivity contribution in [3.8, 4) is 0 Å². The van der Waals surface area contributed by atoms with Gasteiger partial charge < -0.3 is 10.3 Å². The van der Waals surface area contributed by atoms with Crippen LogP contribution in [0.25, 0.3) is 0 Å². The van der Waals surface area contributed by atoms with Crippen LogP contribution in [0.4, 0.5) is 10.1 Å². The molecule has 0 unspecified atom stereocenters. The molecule has 0 saturated heterocycles. The van der Waals surface area contributed by atoms with Gasteiger partial charge in [0.1, 0.15) is 5.82 Å². The van der Waals surface area contributed by atoms with Crippen LogP contribution in [0.2, 0.25) is 10.0 Å². The first kappa shape index (κ1) is 11.3. The summed E-state index contributed by atoms with van der Waals surface area (Å²) in [6.45, 7) is 0.578. The Balaban J connectivity index is 2.15. The van der Waals surface area contributed by atoms with Crippen LogP contribution in [-0.4, -0.2) is 4.98 Å². The van der Waals surface area contributed by atoms with Crippen molar-refractivity contribution >= 4 is 28.9 Å². The molecule has 1 aromatic carbocycles. The first-order valence-electron chi connectivity index (χ1n) is 4.67. The maximum Gasteiger partial charge on any atom is 0.126 e. The van der Waals surface area contributed by atoms with Crippen molar-refractivity contribution in [2.75, 3.05) is 5.32 Å². The van der Waals surface area contributed by atoms with E-state index in [1.807, 2.05) is 18.5 Å². The molecule has 0 aliphatic heterocycles. The average Bonchev–Trinajstić information content (AvgIpc) is 2.68. The predicted octanol–water partition coefficient (Wildman–Crippen LogP) is 4.07. The molecule has 0 amide bonds. The summed E-state index contributed by atoms with van der Waals surface area (Å²) in [5.74, 6) is -0.442. The van der Waals surface area contributed by atoms with Gasteiger partial charge in [0.05, 0.1) is 15.7 Å². The molecule has 0 fully saturated rings. The number of rotatable bonds is 3. The molecule has 2 nitrogen and oxygen atoms in total. The van der Waals surface area contributed by atoms with E-state index in [2.05, 4.69) is 10.3 Å². The van der Waals surface area contributed by atoms with Crippen LogP contribution in [0.3, 0.4) is 0 Å². The number of H-pyrrole nitrogens is 1. The first-order chi connectivity index (χ1) is 7.66. The lowest BCUT2D eigenvalue weighted by Gasteiger charge is -2.09. The lowest BCUT2D eigenvalue weighted by molar-refractivity contribution is 0.628. The number of hydrogen-bond donors (Lipinski definition) is 2. The number of aromatic nitrogens is 1. The van der Waals surface area contributed by atoms with E-state index in [0.29, 0.717) is 12.2 Å². The fraction of sp³-hybridized carbons (Fsp3) is 0.0909. The minimum Gasteiger partial charge on any atom is -0.378 e. The third-order valence-electron chi connectivity index (χ3n) is 2.14. The summed E-state index contributed by atoms with van der Waals surface area (Å²) in [5, 5.41) is 3.62. The fourth-order valence-corrected chi connectivity index (χ4v) is 1.96. The van der Waals surface area contributed by atoms with Gasteiger partial charge in [-0.05, 0) is 23.8 Å². The molecule has 0 atom stereocenters. The van der Waals surface area contributed by atoms with Crippen molar-refractivity contribution in [3.05, 3.63) is 52.0 Å². The van der Waals surface area contributed by atoms with Crippen molar-refractivity contribution in [1.29, 1.82) is 0 Å². The van der Waals surface area contributed by atoms with Gasteiger partial charge in [-0.2, -0.15) is 0 Å². The number of anilines is 1. The van der Waals surface area contributed by atoms with E-state index in [1.54, 1.807) is 0 Å². The van der Waals surface area contributed by atoms with Gasteiger partial charge >= 0.3 is 0 Å². The Labute approximate surface area is 102 Å². The Kier molecular flexibility index (Phi) is 3.36. The number of hydrogen-bond acceptors (Lipinski definition) is 1. The average molecular weight is 259 g/mol. The Bertz CT molecular complexity index is 460. The highest BCUT2D eigenvalue weighted by Crippen LogP contribution is 2.31. The molecule has 2 aromatic rings. The maximum atomic E-state index is 12.9. The molecule has 0 bridgehead atoms. The highest BCUT2D eigenvalue weighted by atomic mass is 35.5. The monoisotopic (exact) mass is 258 g/mol. The highest BCUT2D eigenvalue weighted by Gasteiger charge is 2.07. The van der Waals surface area contributed by atoms with Crippen molar-refractivity contribution in [2.45, 2.75) is 6.54 Å². The zero-order valence-electron chi connectivity index (χ0n) is 8.23. The number of aromatic amines is 1. The van der Waals surface area contributed by atoms with Crippen molar-refractivity contribution in [1.82, 2.24) is 4.98 Å². The second-order valence-corrected chi connectivity index (χ2v) is 4.13. The topological polar surface area (TPSA) is 27.8 Å². The lowest BCUT2D eigenvalue weighted by Crippen LogP contribution is -2.00. The predicted molar refractivity (Wildman–Crippen MR) is 64.5 cm³/mol. The third kappa shape index (κ3) is 2.49. The van der Waals surface area contributed by atoms with Crippen molar-refractivity contribution in [3.63, 3.8) is 0 Å². The van der Waals surface area contributed by atoms with Crippen LogP contribution in [0, 0.1) is 5.82 Å². The smallest absolute Gasteiger partial charge is 0.126 e. The minimum absolute atomic E-state index is 0.278. The van der Waals surface area contributed by atoms with Gasteiger partial charge in [-0.1, -0.05) is 23.2 Å². The standard InChI is InChI=1S/C11H9Cl2FN2/c12-9-3-8(14)4-10(13)11(9)16-6-7-1-2-15-5-7/h1-5,15-16H,6H2. The van der Waals surface area contributed by atoms with Gasteiger partial charge in [0.15, 0.2) is 0 Å². The quantitative estimate of drug-likeness (QED) is 0.854. The van der Waals surface area contributed by atoms with E-state index in [4.69, 9.17) is 23.2 Å². The van der Waals surface area contributed by atoms with Gasteiger partial charge in [-0.15, -0.1) is 0 Å². The molecule has 16 heavy (non-hydrogen) atoms. The summed E-state index contributed by atoms with van der Waals surface area (Å²) in [6, 6.07) is 4.39. The van der Waals surface area contributed by atoms with Gasteiger partial charge in [0.2, 0.25) is 0 Å². The fourth-order valence-electron chi connectivity index (χ4n) is 1.37. The molecule has 0 aliphatic carbocycles. The second kappa shape index (κ2) is 4.76. The molecule has 0 radical (unpaired) electrons. The lowest BCUT2D eigenvalue weighted by atomic mass is 10.3. The minimum atomic E-state index is -0.442. The number of halogens is 3. The third-order valence-corrected chi connectivity index (χ3v) is 2.73. The second-order valence-electron chi connectivity index (χ2n) is 3.32. The van der Waals surface area contributed by atoms with Gasteiger partial charge in [0.25, 0.3) is 0 Å². The Morgan fingerprint density at radius 2 is 1.94 bits per heavy atom. The Hall–Kier alpha value is -1.19. The summed E-state index contributed by atoms with van der Waals surface area (Å²) in [7, 11) is 0. The Morgan fingerprint density at radius 1 is 1.25 bits per heavy atom. The number of benzene rings is 1. The largest absolute Gasteiger partial charge is 0.378 e. The Morgan fingerprint density at radius 3 is 2.50 bits per heavy atom. The molecule has 0 saturated carbocycles. The molecule has 84 valence electrons. The first-order valence-corrected chi connectivity index (χ1v) is 5.42. The van der Waals surface area contributed by atoms with Gasteiger partial charge in [-0.25, -0.2) is 4.39 Å². The highest BCUT2D eigenvalue weighted by molar-refractivity contribution is 6.39. The van der Waals surface area contributed by atoms with E-state index in [-0.39, 0.29) is 10.0 Å².